The van der Waals surface area contributed by atoms with E-state index >= 15 is 0 Å². The minimum Gasteiger partial charge on any atom is -0.434 e. The molecular weight excluding hydrogens is 397 g/mol. The summed E-state index contributed by atoms with van der Waals surface area (Å²) in [6, 6.07) is 13.1. The molecule has 0 bridgehead atoms. The van der Waals surface area contributed by atoms with Gasteiger partial charge in [-0.25, -0.2) is 4.98 Å². The lowest BCUT2D eigenvalue weighted by Gasteiger charge is -2.13. The molecule has 0 aliphatic heterocycles. The number of aldehydes is 1. The number of aryl methyl sites for hydroxylation is 2. The van der Waals surface area contributed by atoms with Crippen LogP contribution >= 0.6 is 0 Å². The van der Waals surface area contributed by atoms with Gasteiger partial charge in [0, 0.05) is 16.7 Å². The van der Waals surface area contributed by atoms with Crippen molar-refractivity contribution in [3.63, 3.8) is 0 Å². The van der Waals surface area contributed by atoms with Gasteiger partial charge in [-0.3, -0.25) is 4.79 Å². The van der Waals surface area contributed by atoms with Crippen LogP contribution in [0.25, 0.3) is 34.2 Å². The van der Waals surface area contributed by atoms with Crippen LogP contribution in [0.1, 0.15) is 27.2 Å². The highest BCUT2D eigenvalue weighted by molar-refractivity contribution is 5.79. The molecule has 2 heterocycles. The molecule has 2 aromatic carbocycles. The SMILES string of the molecule is O=Cc1ccc2c(c1)CCc1nc(-c3noc(-c4ccccc4)c3C(F)(F)F)oc1-2. The number of benzene rings is 2. The van der Waals surface area contributed by atoms with Crippen LogP contribution in [0.2, 0.25) is 0 Å². The van der Waals surface area contributed by atoms with Gasteiger partial charge in [0.25, 0.3) is 0 Å². The maximum Gasteiger partial charge on any atom is 0.422 e. The molecule has 150 valence electrons. The third-order valence-electron chi connectivity index (χ3n) is 5.05. The van der Waals surface area contributed by atoms with Crippen molar-refractivity contribution in [1.82, 2.24) is 10.1 Å². The Kier molecular flexibility index (Phi) is 4.09. The minimum atomic E-state index is -4.72. The van der Waals surface area contributed by atoms with E-state index in [1.807, 2.05) is 0 Å². The van der Waals surface area contributed by atoms with E-state index in [4.69, 9.17) is 8.94 Å². The molecule has 4 aromatic rings. The van der Waals surface area contributed by atoms with Gasteiger partial charge >= 0.3 is 6.18 Å². The molecule has 5 rings (SSSR count). The normalized spacial score (nSPS) is 13.0. The van der Waals surface area contributed by atoms with Crippen LogP contribution in [0.5, 0.6) is 0 Å². The number of hydrogen-bond acceptors (Lipinski definition) is 5. The first kappa shape index (κ1) is 18.4. The predicted octanol–water partition coefficient (Wildman–Crippen LogP) is 5.59. The Hall–Kier alpha value is -3.68. The number of rotatable bonds is 3. The molecule has 0 atom stereocenters. The third kappa shape index (κ3) is 2.92. The molecule has 8 heteroatoms. The van der Waals surface area contributed by atoms with Crippen molar-refractivity contribution in [1.29, 1.82) is 0 Å². The van der Waals surface area contributed by atoms with Crippen molar-refractivity contribution in [3.8, 4) is 34.2 Å². The largest absolute Gasteiger partial charge is 0.434 e. The summed E-state index contributed by atoms with van der Waals surface area (Å²) in [6.45, 7) is 0. The summed E-state index contributed by atoms with van der Waals surface area (Å²) in [5, 5.41) is 3.66. The van der Waals surface area contributed by atoms with Gasteiger partial charge in [0.15, 0.2) is 17.2 Å². The topological polar surface area (TPSA) is 69.1 Å². The number of carbonyl (C=O) groups is 1. The molecule has 0 amide bonds. The lowest BCUT2D eigenvalue weighted by atomic mass is 9.92. The highest BCUT2D eigenvalue weighted by atomic mass is 19.4. The van der Waals surface area contributed by atoms with Crippen LogP contribution < -0.4 is 0 Å². The van der Waals surface area contributed by atoms with Gasteiger partial charge < -0.3 is 8.94 Å². The van der Waals surface area contributed by atoms with Crippen LogP contribution in [-0.2, 0) is 19.0 Å². The van der Waals surface area contributed by atoms with Gasteiger partial charge in [-0.15, -0.1) is 0 Å². The third-order valence-corrected chi connectivity index (χ3v) is 5.05. The molecule has 0 radical (unpaired) electrons. The predicted molar refractivity (Wildman–Crippen MR) is 101 cm³/mol. The summed E-state index contributed by atoms with van der Waals surface area (Å²) < 4.78 is 52.6. The first-order valence-corrected chi connectivity index (χ1v) is 9.16. The molecule has 1 aliphatic rings. The number of carbonyl (C=O) groups excluding carboxylic acids is 1. The lowest BCUT2D eigenvalue weighted by Crippen LogP contribution is -2.07. The quantitative estimate of drug-likeness (QED) is 0.412. The molecule has 2 aromatic heterocycles. The van der Waals surface area contributed by atoms with Crippen molar-refractivity contribution in [2.75, 3.05) is 0 Å². The van der Waals surface area contributed by atoms with E-state index < -0.39 is 17.4 Å². The molecule has 5 nitrogen and oxygen atoms in total. The van der Waals surface area contributed by atoms with Crippen LogP contribution in [0.4, 0.5) is 13.2 Å². The molecule has 0 spiro atoms. The summed E-state index contributed by atoms with van der Waals surface area (Å²) in [6.07, 6.45) is -2.88. The Bertz CT molecular complexity index is 1260. The lowest BCUT2D eigenvalue weighted by molar-refractivity contribution is -0.136. The zero-order valence-electron chi connectivity index (χ0n) is 15.4. The first-order chi connectivity index (χ1) is 14.5. The fourth-order valence-electron chi connectivity index (χ4n) is 3.69. The second-order valence-electron chi connectivity index (χ2n) is 6.93. The zero-order chi connectivity index (χ0) is 20.9. The van der Waals surface area contributed by atoms with Gasteiger partial charge in [0.2, 0.25) is 5.89 Å². The number of nitrogens with zero attached hydrogens (tertiary/aromatic N) is 2. The van der Waals surface area contributed by atoms with E-state index in [2.05, 4.69) is 10.1 Å². The van der Waals surface area contributed by atoms with Crippen LogP contribution in [0.3, 0.4) is 0 Å². The summed E-state index contributed by atoms with van der Waals surface area (Å²) in [4.78, 5) is 15.3. The maximum atomic E-state index is 13.9. The molecule has 1 aliphatic carbocycles. The molecule has 0 unspecified atom stereocenters. The van der Waals surface area contributed by atoms with E-state index in [1.165, 1.54) is 12.1 Å². The average molecular weight is 410 g/mol. The Morgan fingerprint density at radius 3 is 2.53 bits per heavy atom. The van der Waals surface area contributed by atoms with Crippen molar-refractivity contribution in [2.45, 2.75) is 19.0 Å². The Labute approximate surface area is 168 Å². The van der Waals surface area contributed by atoms with E-state index in [9.17, 15) is 18.0 Å². The van der Waals surface area contributed by atoms with Gasteiger partial charge in [0.05, 0.1) is 5.69 Å². The number of alkyl halides is 3. The highest BCUT2D eigenvalue weighted by Gasteiger charge is 2.43. The van der Waals surface area contributed by atoms with Gasteiger partial charge in [-0.2, -0.15) is 13.2 Å². The van der Waals surface area contributed by atoms with E-state index in [0.29, 0.717) is 35.4 Å². The summed E-state index contributed by atoms with van der Waals surface area (Å²) in [5.41, 5.74) is 1.42. The van der Waals surface area contributed by atoms with Crippen molar-refractivity contribution in [3.05, 3.63) is 70.9 Å². The van der Waals surface area contributed by atoms with E-state index in [0.717, 1.165) is 11.8 Å². The summed E-state index contributed by atoms with van der Waals surface area (Å²) >= 11 is 0. The molecule has 0 N–H and O–H groups in total. The van der Waals surface area contributed by atoms with Crippen molar-refractivity contribution < 1.29 is 26.9 Å². The summed E-state index contributed by atoms with van der Waals surface area (Å²) in [5.74, 6) is -0.239. The number of hydrogen-bond donors (Lipinski definition) is 0. The Morgan fingerprint density at radius 1 is 1.00 bits per heavy atom. The monoisotopic (exact) mass is 410 g/mol. The highest BCUT2D eigenvalue weighted by Crippen LogP contribution is 2.44. The van der Waals surface area contributed by atoms with E-state index in [-0.39, 0.29) is 17.2 Å². The van der Waals surface area contributed by atoms with Crippen molar-refractivity contribution >= 4 is 6.29 Å². The average Bonchev–Trinajstić information content (AvgIpc) is 3.38. The Balaban J connectivity index is 1.65. The van der Waals surface area contributed by atoms with Crippen LogP contribution in [0.15, 0.2) is 57.5 Å². The molecule has 30 heavy (non-hydrogen) atoms. The molecule has 0 saturated carbocycles. The van der Waals surface area contributed by atoms with Crippen LogP contribution in [-0.4, -0.2) is 16.4 Å². The Morgan fingerprint density at radius 2 is 1.80 bits per heavy atom. The number of oxazole rings is 1. The number of fused-ring (bicyclic) bond motifs is 3. The van der Waals surface area contributed by atoms with E-state index in [1.54, 1.807) is 36.4 Å². The second kappa shape index (κ2) is 6.69. The number of halogens is 3. The molecular formula is C22H13F3N2O3. The van der Waals surface area contributed by atoms with Gasteiger partial charge in [-0.1, -0.05) is 47.6 Å². The first-order valence-electron chi connectivity index (χ1n) is 9.16. The zero-order valence-corrected chi connectivity index (χ0v) is 15.4. The minimum absolute atomic E-state index is 0.245. The number of aromatic nitrogens is 2. The van der Waals surface area contributed by atoms with Gasteiger partial charge in [0.1, 0.15) is 11.8 Å². The molecule has 0 fully saturated rings. The maximum absolute atomic E-state index is 13.9. The molecule has 0 saturated heterocycles. The fourth-order valence-corrected chi connectivity index (χ4v) is 3.69. The van der Waals surface area contributed by atoms with Gasteiger partial charge in [-0.05, 0) is 24.5 Å². The standard InChI is InChI=1S/C22H13F3N2O3/c23-22(24,25)17-18(27-30-19(17)13-4-2-1-3-5-13)21-26-16-9-7-14-10-12(11-28)6-8-15(14)20(16)29-21/h1-6,8,10-11H,7,9H2. The van der Waals surface area contributed by atoms with Crippen molar-refractivity contribution in [2.24, 2.45) is 0 Å². The van der Waals surface area contributed by atoms with Crippen LogP contribution in [0, 0.1) is 0 Å². The second-order valence-corrected chi connectivity index (χ2v) is 6.93. The smallest absolute Gasteiger partial charge is 0.422 e. The fraction of sp³-hybridized carbons (Fsp3) is 0.136. The summed E-state index contributed by atoms with van der Waals surface area (Å²) in [7, 11) is 0.